The van der Waals surface area contributed by atoms with Gasteiger partial charge in [-0.3, -0.25) is 4.68 Å². The van der Waals surface area contributed by atoms with Gasteiger partial charge in [-0.05, 0) is 23.8 Å². The van der Waals surface area contributed by atoms with Gasteiger partial charge in [0.05, 0.1) is 12.2 Å². The SMILES string of the molecule is CC(C)NCc1ccn(Cc2ccc(Cl)cc2)n1. The summed E-state index contributed by atoms with van der Waals surface area (Å²) >= 11 is 5.86. The molecule has 0 saturated heterocycles. The van der Waals surface area contributed by atoms with Crippen LogP contribution in [0.4, 0.5) is 0 Å². The highest BCUT2D eigenvalue weighted by molar-refractivity contribution is 6.30. The lowest BCUT2D eigenvalue weighted by molar-refractivity contribution is 0.570. The van der Waals surface area contributed by atoms with E-state index in [-0.39, 0.29) is 0 Å². The van der Waals surface area contributed by atoms with E-state index in [0.29, 0.717) is 6.04 Å². The van der Waals surface area contributed by atoms with E-state index in [2.05, 4.69) is 24.3 Å². The number of benzene rings is 1. The average Bonchev–Trinajstić information content (AvgIpc) is 2.77. The van der Waals surface area contributed by atoms with Gasteiger partial charge in [-0.25, -0.2) is 0 Å². The molecule has 0 amide bonds. The topological polar surface area (TPSA) is 29.9 Å². The fourth-order valence-electron chi connectivity index (χ4n) is 1.67. The lowest BCUT2D eigenvalue weighted by atomic mass is 10.2. The summed E-state index contributed by atoms with van der Waals surface area (Å²) in [5, 5.41) is 8.64. The van der Waals surface area contributed by atoms with Crippen LogP contribution < -0.4 is 5.32 Å². The molecular weight excluding hydrogens is 246 g/mol. The zero-order chi connectivity index (χ0) is 13.0. The Bertz CT molecular complexity index is 488. The average molecular weight is 264 g/mol. The smallest absolute Gasteiger partial charge is 0.0762 e. The molecule has 0 aliphatic carbocycles. The Morgan fingerprint density at radius 1 is 1.22 bits per heavy atom. The molecular formula is C14H18ClN3. The number of nitrogens with one attached hydrogen (secondary N) is 1. The molecule has 0 saturated carbocycles. The van der Waals surface area contributed by atoms with Crippen molar-refractivity contribution in [1.29, 1.82) is 0 Å². The summed E-state index contributed by atoms with van der Waals surface area (Å²) in [7, 11) is 0. The van der Waals surface area contributed by atoms with Crippen molar-refractivity contribution in [2.24, 2.45) is 0 Å². The van der Waals surface area contributed by atoms with Gasteiger partial charge in [0.2, 0.25) is 0 Å². The van der Waals surface area contributed by atoms with Crippen molar-refractivity contribution in [3.05, 3.63) is 52.8 Å². The van der Waals surface area contributed by atoms with Gasteiger partial charge in [0.1, 0.15) is 0 Å². The summed E-state index contributed by atoms with van der Waals surface area (Å²) in [6, 6.07) is 10.4. The molecule has 1 aromatic carbocycles. The molecule has 96 valence electrons. The summed E-state index contributed by atoms with van der Waals surface area (Å²) in [6.07, 6.45) is 2.01. The van der Waals surface area contributed by atoms with Crippen LogP contribution in [-0.2, 0) is 13.1 Å². The van der Waals surface area contributed by atoms with E-state index >= 15 is 0 Å². The second-order valence-corrected chi connectivity index (χ2v) is 5.10. The van der Waals surface area contributed by atoms with Crippen molar-refractivity contribution < 1.29 is 0 Å². The minimum atomic E-state index is 0.478. The molecule has 1 heterocycles. The van der Waals surface area contributed by atoms with Crippen molar-refractivity contribution in [1.82, 2.24) is 15.1 Å². The van der Waals surface area contributed by atoms with E-state index in [1.54, 1.807) is 0 Å². The third kappa shape index (κ3) is 3.86. The molecule has 1 N–H and O–H groups in total. The summed E-state index contributed by atoms with van der Waals surface area (Å²) < 4.78 is 1.95. The minimum absolute atomic E-state index is 0.478. The Morgan fingerprint density at radius 2 is 1.94 bits per heavy atom. The second-order valence-electron chi connectivity index (χ2n) is 4.67. The number of hydrogen-bond acceptors (Lipinski definition) is 2. The molecule has 0 fully saturated rings. The fourth-order valence-corrected chi connectivity index (χ4v) is 1.80. The van der Waals surface area contributed by atoms with Gasteiger partial charge in [0.15, 0.2) is 0 Å². The van der Waals surface area contributed by atoms with E-state index < -0.39 is 0 Å². The maximum atomic E-state index is 5.86. The molecule has 2 aromatic rings. The first-order chi connectivity index (χ1) is 8.63. The molecule has 0 aliphatic rings. The van der Waals surface area contributed by atoms with Gasteiger partial charge < -0.3 is 5.32 Å². The molecule has 3 nitrogen and oxygen atoms in total. The van der Waals surface area contributed by atoms with Gasteiger partial charge in [0.25, 0.3) is 0 Å². The third-order valence-electron chi connectivity index (χ3n) is 2.65. The molecule has 0 radical (unpaired) electrons. The monoisotopic (exact) mass is 263 g/mol. The lowest BCUT2D eigenvalue weighted by Crippen LogP contribution is -2.22. The maximum absolute atomic E-state index is 5.86. The van der Waals surface area contributed by atoms with Gasteiger partial charge in [-0.1, -0.05) is 37.6 Å². The first-order valence-corrected chi connectivity index (χ1v) is 6.51. The van der Waals surface area contributed by atoms with Crippen LogP contribution >= 0.6 is 11.6 Å². The Labute approximate surface area is 113 Å². The summed E-state index contributed by atoms with van der Waals surface area (Å²) in [5.74, 6) is 0. The normalized spacial score (nSPS) is 11.1. The molecule has 0 bridgehead atoms. The van der Waals surface area contributed by atoms with Crippen LogP contribution in [0.15, 0.2) is 36.5 Å². The van der Waals surface area contributed by atoms with Gasteiger partial charge >= 0.3 is 0 Å². The van der Waals surface area contributed by atoms with Crippen LogP contribution in [0.5, 0.6) is 0 Å². The predicted octanol–water partition coefficient (Wildman–Crippen LogP) is 3.08. The standard InChI is InChI=1S/C14H18ClN3/c1-11(2)16-9-14-7-8-18(17-14)10-12-3-5-13(15)6-4-12/h3-8,11,16H,9-10H2,1-2H3. The largest absolute Gasteiger partial charge is 0.309 e. The fraction of sp³-hybridized carbons (Fsp3) is 0.357. The zero-order valence-electron chi connectivity index (χ0n) is 10.7. The number of nitrogens with zero attached hydrogens (tertiary/aromatic N) is 2. The van der Waals surface area contributed by atoms with E-state index in [4.69, 9.17) is 11.6 Å². The number of halogens is 1. The molecule has 4 heteroatoms. The predicted molar refractivity (Wildman–Crippen MR) is 74.8 cm³/mol. The van der Waals surface area contributed by atoms with E-state index in [0.717, 1.165) is 23.8 Å². The first-order valence-electron chi connectivity index (χ1n) is 6.13. The number of hydrogen-bond donors (Lipinski definition) is 1. The van der Waals surface area contributed by atoms with Crippen molar-refractivity contribution in [3.63, 3.8) is 0 Å². The quantitative estimate of drug-likeness (QED) is 0.899. The van der Waals surface area contributed by atoms with Gasteiger partial charge in [-0.15, -0.1) is 0 Å². The Hall–Kier alpha value is -1.32. The molecule has 1 aromatic heterocycles. The summed E-state index contributed by atoms with van der Waals surface area (Å²) in [5.41, 5.74) is 2.27. The van der Waals surface area contributed by atoms with Crippen LogP contribution in [0, 0.1) is 0 Å². The van der Waals surface area contributed by atoms with E-state index in [1.165, 1.54) is 5.56 Å². The van der Waals surface area contributed by atoms with E-state index in [1.807, 2.05) is 41.2 Å². The van der Waals surface area contributed by atoms with E-state index in [9.17, 15) is 0 Å². The van der Waals surface area contributed by atoms with Gasteiger partial charge in [-0.2, -0.15) is 5.10 Å². The highest BCUT2D eigenvalue weighted by atomic mass is 35.5. The lowest BCUT2D eigenvalue weighted by Gasteiger charge is -2.05. The number of rotatable bonds is 5. The Kier molecular flexibility index (Phi) is 4.39. The summed E-state index contributed by atoms with van der Waals surface area (Å²) in [6.45, 7) is 5.85. The highest BCUT2D eigenvalue weighted by Gasteiger charge is 2.01. The van der Waals surface area contributed by atoms with Crippen LogP contribution in [-0.4, -0.2) is 15.8 Å². The van der Waals surface area contributed by atoms with Crippen molar-refractivity contribution in [2.45, 2.75) is 33.0 Å². The van der Waals surface area contributed by atoms with Crippen LogP contribution in [0.2, 0.25) is 5.02 Å². The molecule has 0 atom stereocenters. The van der Waals surface area contributed by atoms with Crippen molar-refractivity contribution >= 4 is 11.6 Å². The van der Waals surface area contributed by atoms with Crippen molar-refractivity contribution in [3.8, 4) is 0 Å². The highest BCUT2D eigenvalue weighted by Crippen LogP contribution is 2.10. The van der Waals surface area contributed by atoms with Crippen LogP contribution in [0.25, 0.3) is 0 Å². The van der Waals surface area contributed by atoms with Crippen LogP contribution in [0.3, 0.4) is 0 Å². The van der Waals surface area contributed by atoms with Crippen molar-refractivity contribution in [2.75, 3.05) is 0 Å². The number of aromatic nitrogens is 2. The third-order valence-corrected chi connectivity index (χ3v) is 2.90. The molecule has 0 spiro atoms. The van der Waals surface area contributed by atoms with Crippen LogP contribution in [0.1, 0.15) is 25.1 Å². The summed E-state index contributed by atoms with van der Waals surface area (Å²) in [4.78, 5) is 0. The molecule has 0 unspecified atom stereocenters. The van der Waals surface area contributed by atoms with Gasteiger partial charge in [0, 0.05) is 23.8 Å². The minimum Gasteiger partial charge on any atom is -0.309 e. The zero-order valence-corrected chi connectivity index (χ0v) is 11.5. The second kappa shape index (κ2) is 6.03. The molecule has 18 heavy (non-hydrogen) atoms. The Morgan fingerprint density at radius 3 is 2.61 bits per heavy atom. The molecule has 0 aliphatic heterocycles. The Balaban J connectivity index is 1.95. The molecule has 2 rings (SSSR count). The first kappa shape index (κ1) is 13.1. The maximum Gasteiger partial charge on any atom is 0.0762 e.